The average molecular weight is 256 g/mol. The van der Waals surface area contributed by atoms with E-state index in [1.807, 2.05) is 0 Å². The van der Waals surface area contributed by atoms with Crippen molar-refractivity contribution in [2.75, 3.05) is 0 Å². The van der Waals surface area contributed by atoms with Crippen molar-refractivity contribution in [2.24, 2.45) is 0 Å². The number of rotatable bonds is 0. The molecular weight excluding hydrogens is 256 g/mol. The van der Waals surface area contributed by atoms with Gasteiger partial charge in [-0.3, -0.25) is 0 Å². The van der Waals surface area contributed by atoms with Crippen molar-refractivity contribution in [3.05, 3.63) is 0 Å². The molecule has 0 spiro atoms. The Morgan fingerprint density at radius 1 is 1.17 bits per heavy atom. The second-order valence-electron chi connectivity index (χ2n) is 0.378. The summed E-state index contributed by atoms with van der Waals surface area (Å²) in [6.07, 6.45) is 0. The van der Waals surface area contributed by atoms with Crippen LogP contribution >= 0.6 is 0 Å². The fourth-order valence-electron chi connectivity index (χ4n) is 0. The van der Waals surface area contributed by atoms with Crippen LogP contribution in [0.4, 0.5) is 0 Å². The van der Waals surface area contributed by atoms with E-state index in [0.717, 1.165) is 0 Å². The van der Waals surface area contributed by atoms with Crippen molar-refractivity contribution in [2.45, 2.75) is 0 Å². The predicted octanol–water partition coefficient (Wildman–Crippen LogP) is -3.00. The van der Waals surface area contributed by atoms with E-state index in [-0.39, 0.29) is 48.9 Å². The van der Waals surface area contributed by atoms with Gasteiger partial charge in [0, 0.05) is 0 Å². The van der Waals surface area contributed by atoms with E-state index >= 15 is 0 Å². The van der Waals surface area contributed by atoms with Gasteiger partial charge in [-0.15, -0.1) is 0 Å². The zero-order valence-corrected chi connectivity index (χ0v) is 8.34. The minimum absolute atomic E-state index is 0. The fraction of sp³-hybridized carbons (Fsp3) is 0. The first-order valence-electron chi connectivity index (χ1n) is 0.617. The monoisotopic (exact) mass is 257 g/mol. The summed E-state index contributed by atoms with van der Waals surface area (Å²) < 4.78 is 34.3. The van der Waals surface area contributed by atoms with Gasteiger partial charge in [0.2, 0.25) is 0 Å². The molecule has 0 radical (unpaired) electrons. The zero-order valence-electron chi connectivity index (χ0n) is 2.72. The molecule has 0 fully saturated rings. The molecule has 0 saturated heterocycles. The summed E-state index contributed by atoms with van der Waals surface area (Å²) >= 11 is -5.62. The first-order chi connectivity index (χ1) is 2.00. The third kappa shape index (κ3) is 46.0. The Bertz CT molecular complexity index is 90.7. The average Bonchev–Trinajstić information content (AvgIpc) is 0.722. The Morgan fingerprint density at radius 3 is 1.17 bits per heavy atom. The molecule has 0 aliphatic heterocycles. The molecule has 0 aliphatic carbocycles. The first kappa shape index (κ1) is 10.6. The van der Waals surface area contributed by atoms with Crippen LogP contribution in [0.5, 0.6) is 0 Å². The molecule has 33 valence electrons. The summed E-state index contributed by atoms with van der Waals surface area (Å²) in [5, 5.41) is 0. The van der Waals surface area contributed by atoms with Crippen LogP contribution in [0.3, 0.4) is 0 Å². The van der Waals surface area contributed by atoms with Crippen LogP contribution in [0.15, 0.2) is 0 Å². The third-order valence-corrected chi connectivity index (χ3v) is 0. The van der Waals surface area contributed by atoms with E-state index in [1.165, 1.54) is 0 Å². The Morgan fingerprint density at radius 2 is 1.17 bits per heavy atom. The summed E-state index contributed by atoms with van der Waals surface area (Å²) in [5.74, 6) is 0. The third-order valence-electron chi connectivity index (χ3n) is 0. The van der Waals surface area contributed by atoms with Crippen LogP contribution in [0.25, 0.3) is 0 Å². The normalized spacial score (nSPS) is 9.67. The molecule has 6 heavy (non-hydrogen) atoms. The fourth-order valence-corrected chi connectivity index (χ4v) is 0. The van der Waals surface area contributed by atoms with Crippen molar-refractivity contribution >= 4 is 48.9 Å². The van der Waals surface area contributed by atoms with Crippen molar-refractivity contribution in [1.82, 2.24) is 0 Å². The van der Waals surface area contributed by atoms with Gasteiger partial charge in [-0.1, -0.05) is 0 Å². The molecule has 0 aromatic rings. The van der Waals surface area contributed by atoms with Crippen LogP contribution in [-0.2, 0) is 21.0 Å². The topological polar surface area (TPSA) is 80.3 Å². The van der Waals surface area contributed by atoms with Crippen LogP contribution in [0.1, 0.15) is 0 Å². The summed E-state index contributed by atoms with van der Waals surface area (Å²) in [5.41, 5.74) is 0. The Hall–Kier alpha value is 1.61. The van der Waals surface area contributed by atoms with Gasteiger partial charge < -0.3 is 0 Å². The van der Waals surface area contributed by atoms with Gasteiger partial charge in [0.05, 0.1) is 0 Å². The molecule has 0 amide bonds. The van der Waals surface area contributed by atoms with Gasteiger partial charge in [0.15, 0.2) is 0 Å². The van der Waals surface area contributed by atoms with Crippen LogP contribution < -0.4 is 8.38 Å². The van der Waals surface area contributed by atoms with E-state index in [1.54, 1.807) is 0 Å². The quantitative estimate of drug-likeness (QED) is 0.433. The van der Waals surface area contributed by atoms with Crippen molar-refractivity contribution in [3.8, 4) is 0 Å². The second-order valence-corrected chi connectivity index (χ2v) is 1.56. The SMILES string of the molecule is [Ba+2].[O]=[Mn](=[O])([O-])[O-]. The van der Waals surface area contributed by atoms with Gasteiger partial charge in [-0.25, -0.2) is 0 Å². The molecule has 0 aromatic carbocycles. The molecule has 0 rings (SSSR count). The molecule has 6 heteroatoms. The second kappa shape index (κ2) is 3.59. The van der Waals surface area contributed by atoms with Crippen molar-refractivity contribution in [1.29, 1.82) is 0 Å². The van der Waals surface area contributed by atoms with Gasteiger partial charge >= 0.3 is 78.3 Å². The van der Waals surface area contributed by atoms with Crippen LogP contribution in [-0.4, -0.2) is 48.9 Å². The maximum atomic E-state index is 8.58. The predicted molar refractivity (Wildman–Crippen MR) is 7.13 cm³/mol. The van der Waals surface area contributed by atoms with E-state index in [0.29, 0.717) is 0 Å². The van der Waals surface area contributed by atoms with E-state index in [4.69, 9.17) is 16.0 Å². The van der Waals surface area contributed by atoms with E-state index < -0.39 is 13.4 Å². The zero-order chi connectivity index (χ0) is 4.50. The molecule has 0 atom stereocenters. The van der Waals surface area contributed by atoms with Gasteiger partial charge in [-0.2, -0.15) is 0 Å². The van der Waals surface area contributed by atoms with Gasteiger partial charge in [0.25, 0.3) is 0 Å². The molecule has 0 aliphatic rings. The maximum absolute atomic E-state index is 8.58. The van der Waals surface area contributed by atoms with Gasteiger partial charge in [0.1, 0.15) is 0 Å². The standard InChI is InChI=1S/Ba.Mn.4O/q+2;;;;2*-1. The summed E-state index contributed by atoms with van der Waals surface area (Å²) in [6.45, 7) is 0. The molecule has 4 nitrogen and oxygen atoms in total. The summed E-state index contributed by atoms with van der Waals surface area (Å²) in [6, 6.07) is 0. The Labute approximate surface area is 76.9 Å². The molecule has 0 saturated carbocycles. The van der Waals surface area contributed by atoms with Gasteiger partial charge in [-0.05, 0) is 0 Å². The Balaban J connectivity index is 0. The molecule has 0 N–H and O–H groups in total. The van der Waals surface area contributed by atoms with E-state index in [9.17, 15) is 0 Å². The molecular formula is BaMnO4. The van der Waals surface area contributed by atoms with Crippen LogP contribution in [0, 0.1) is 0 Å². The number of hydrogen-bond donors (Lipinski definition) is 0. The van der Waals surface area contributed by atoms with Crippen molar-refractivity contribution < 1.29 is 29.4 Å². The Kier molecular flexibility index (Phi) is 6.33. The molecule has 0 heterocycles. The summed E-state index contributed by atoms with van der Waals surface area (Å²) in [4.78, 5) is 0. The minimum atomic E-state index is -5.62. The molecule has 0 unspecified atom stereocenters. The van der Waals surface area contributed by atoms with Crippen LogP contribution in [0.2, 0.25) is 0 Å². The first-order valence-corrected chi connectivity index (χ1v) is 2.54. The molecule has 0 bridgehead atoms. The number of hydrogen-bond acceptors (Lipinski definition) is 4. The molecule has 0 aromatic heterocycles. The van der Waals surface area contributed by atoms with Crippen molar-refractivity contribution in [3.63, 3.8) is 0 Å². The van der Waals surface area contributed by atoms with E-state index in [2.05, 4.69) is 0 Å². The summed E-state index contributed by atoms with van der Waals surface area (Å²) in [7, 11) is 0.